The maximum atomic E-state index is 5.20. The highest BCUT2D eigenvalue weighted by atomic mass is 16.5. The second kappa shape index (κ2) is 4.21. The molecule has 1 aromatic rings. The van der Waals surface area contributed by atoms with Gasteiger partial charge in [-0.25, -0.2) is 0 Å². The van der Waals surface area contributed by atoms with E-state index in [0.29, 0.717) is 11.5 Å². The van der Waals surface area contributed by atoms with E-state index in [1.54, 1.807) is 0 Å². The first kappa shape index (κ1) is 11.6. The zero-order valence-electron chi connectivity index (χ0n) is 10.7. The minimum atomic E-state index is 0.481. The standard InChI is InChI=1S/C13H22N2O/c1-9-6-13(3,4)7-12(9)14-8-11-5-10(2)15-16-11/h5,9,12,14H,6-8H2,1-4H3. The first-order valence-electron chi connectivity index (χ1n) is 6.12. The number of hydrogen-bond acceptors (Lipinski definition) is 3. The quantitative estimate of drug-likeness (QED) is 0.854. The molecule has 0 amide bonds. The second-order valence-electron chi connectivity index (χ2n) is 5.97. The van der Waals surface area contributed by atoms with Crippen LogP contribution in [0.2, 0.25) is 0 Å². The summed E-state index contributed by atoms with van der Waals surface area (Å²) in [5.74, 6) is 1.69. The van der Waals surface area contributed by atoms with Gasteiger partial charge in [0.2, 0.25) is 0 Å². The topological polar surface area (TPSA) is 38.1 Å². The molecule has 2 unspecified atom stereocenters. The molecule has 1 saturated carbocycles. The van der Waals surface area contributed by atoms with Crippen molar-refractivity contribution < 1.29 is 4.52 Å². The van der Waals surface area contributed by atoms with Crippen molar-refractivity contribution in [1.29, 1.82) is 0 Å². The summed E-state index contributed by atoms with van der Waals surface area (Å²) in [4.78, 5) is 0. The molecule has 1 aliphatic rings. The van der Waals surface area contributed by atoms with Gasteiger partial charge in [0.1, 0.15) is 0 Å². The molecule has 2 rings (SSSR count). The van der Waals surface area contributed by atoms with Gasteiger partial charge in [0.25, 0.3) is 0 Å². The number of aryl methyl sites for hydroxylation is 1. The molecule has 3 heteroatoms. The first-order chi connectivity index (χ1) is 7.46. The van der Waals surface area contributed by atoms with Crippen LogP contribution >= 0.6 is 0 Å². The lowest BCUT2D eigenvalue weighted by atomic mass is 9.91. The van der Waals surface area contributed by atoms with Crippen molar-refractivity contribution in [2.45, 2.75) is 53.1 Å². The average molecular weight is 222 g/mol. The monoisotopic (exact) mass is 222 g/mol. The maximum absolute atomic E-state index is 5.20. The van der Waals surface area contributed by atoms with Crippen molar-refractivity contribution in [2.24, 2.45) is 11.3 Å². The van der Waals surface area contributed by atoms with Gasteiger partial charge in [-0.15, -0.1) is 0 Å². The third-order valence-electron chi connectivity index (χ3n) is 3.55. The average Bonchev–Trinajstić information content (AvgIpc) is 2.67. The van der Waals surface area contributed by atoms with Crippen LogP contribution in [-0.2, 0) is 6.54 Å². The number of nitrogens with zero attached hydrogens (tertiary/aromatic N) is 1. The zero-order valence-corrected chi connectivity index (χ0v) is 10.7. The summed E-state index contributed by atoms with van der Waals surface area (Å²) in [5, 5.41) is 7.48. The molecule has 1 fully saturated rings. The van der Waals surface area contributed by atoms with Crippen LogP contribution in [0.3, 0.4) is 0 Å². The SMILES string of the molecule is Cc1cc(CNC2CC(C)(C)CC2C)on1. The molecule has 0 aliphatic heterocycles. The summed E-state index contributed by atoms with van der Waals surface area (Å²) in [5.41, 5.74) is 1.44. The summed E-state index contributed by atoms with van der Waals surface area (Å²) in [6, 6.07) is 2.61. The van der Waals surface area contributed by atoms with E-state index in [2.05, 4.69) is 31.2 Å². The first-order valence-corrected chi connectivity index (χ1v) is 6.12. The lowest BCUT2D eigenvalue weighted by molar-refractivity contribution is 0.340. The van der Waals surface area contributed by atoms with E-state index < -0.39 is 0 Å². The van der Waals surface area contributed by atoms with E-state index >= 15 is 0 Å². The van der Waals surface area contributed by atoms with Gasteiger partial charge in [-0.05, 0) is 31.1 Å². The van der Waals surface area contributed by atoms with Crippen LogP contribution in [0.15, 0.2) is 10.6 Å². The highest BCUT2D eigenvalue weighted by Crippen LogP contribution is 2.40. The minimum absolute atomic E-state index is 0.481. The second-order valence-corrected chi connectivity index (χ2v) is 5.97. The van der Waals surface area contributed by atoms with Gasteiger partial charge < -0.3 is 9.84 Å². The molecular formula is C13H22N2O. The van der Waals surface area contributed by atoms with Crippen LogP contribution in [0.4, 0.5) is 0 Å². The molecule has 0 spiro atoms. The Labute approximate surface area is 97.6 Å². The fraction of sp³-hybridized carbons (Fsp3) is 0.769. The smallest absolute Gasteiger partial charge is 0.150 e. The third-order valence-corrected chi connectivity index (χ3v) is 3.55. The van der Waals surface area contributed by atoms with Gasteiger partial charge in [-0.2, -0.15) is 0 Å². The van der Waals surface area contributed by atoms with Gasteiger partial charge in [0.15, 0.2) is 5.76 Å². The van der Waals surface area contributed by atoms with Gasteiger partial charge in [-0.3, -0.25) is 0 Å². The summed E-state index contributed by atoms with van der Waals surface area (Å²) in [6.45, 7) is 9.78. The fourth-order valence-electron chi connectivity index (χ4n) is 2.90. The van der Waals surface area contributed by atoms with Crippen LogP contribution in [0.5, 0.6) is 0 Å². The Bertz CT molecular complexity index is 357. The highest BCUT2D eigenvalue weighted by Gasteiger charge is 2.36. The Hall–Kier alpha value is -0.830. The molecule has 0 bridgehead atoms. The van der Waals surface area contributed by atoms with Crippen LogP contribution in [0.25, 0.3) is 0 Å². The van der Waals surface area contributed by atoms with Crippen molar-refractivity contribution in [3.63, 3.8) is 0 Å². The van der Waals surface area contributed by atoms with Gasteiger partial charge in [-0.1, -0.05) is 25.9 Å². The van der Waals surface area contributed by atoms with E-state index in [-0.39, 0.29) is 0 Å². The number of nitrogens with one attached hydrogen (secondary N) is 1. The lowest BCUT2D eigenvalue weighted by Gasteiger charge is -2.17. The number of rotatable bonds is 3. The van der Waals surface area contributed by atoms with Gasteiger partial charge >= 0.3 is 0 Å². The molecule has 1 N–H and O–H groups in total. The van der Waals surface area contributed by atoms with E-state index in [0.717, 1.165) is 23.9 Å². The van der Waals surface area contributed by atoms with Crippen LogP contribution in [0.1, 0.15) is 45.1 Å². The predicted molar refractivity (Wildman–Crippen MR) is 64.0 cm³/mol. The van der Waals surface area contributed by atoms with Crippen molar-refractivity contribution >= 4 is 0 Å². The predicted octanol–water partition coefficient (Wildman–Crippen LogP) is 2.90. The summed E-state index contributed by atoms with van der Waals surface area (Å²) < 4.78 is 5.20. The Morgan fingerprint density at radius 3 is 2.75 bits per heavy atom. The molecule has 3 nitrogen and oxygen atoms in total. The lowest BCUT2D eigenvalue weighted by Crippen LogP contribution is -2.30. The van der Waals surface area contributed by atoms with Crippen LogP contribution < -0.4 is 5.32 Å². The van der Waals surface area contributed by atoms with E-state index in [4.69, 9.17) is 4.52 Å². The molecule has 0 aromatic carbocycles. The van der Waals surface area contributed by atoms with E-state index in [1.165, 1.54) is 12.8 Å². The molecule has 1 aliphatic carbocycles. The molecule has 1 aromatic heterocycles. The molecule has 90 valence electrons. The largest absolute Gasteiger partial charge is 0.360 e. The molecule has 16 heavy (non-hydrogen) atoms. The van der Waals surface area contributed by atoms with Crippen molar-refractivity contribution in [2.75, 3.05) is 0 Å². The normalized spacial score (nSPS) is 28.5. The Morgan fingerprint density at radius 1 is 1.50 bits per heavy atom. The van der Waals surface area contributed by atoms with E-state index in [1.807, 2.05) is 13.0 Å². The Kier molecular flexibility index (Phi) is 3.06. The summed E-state index contributed by atoms with van der Waals surface area (Å²) in [7, 11) is 0. The molecule has 1 heterocycles. The maximum Gasteiger partial charge on any atom is 0.150 e. The molecule has 0 saturated heterocycles. The Morgan fingerprint density at radius 2 is 2.25 bits per heavy atom. The minimum Gasteiger partial charge on any atom is -0.360 e. The van der Waals surface area contributed by atoms with Crippen LogP contribution in [-0.4, -0.2) is 11.2 Å². The summed E-state index contributed by atoms with van der Waals surface area (Å²) >= 11 is 0. The zero-order chi connectivity index (χ0) is 11.8. The van der Waals surface area contributed by atoms with Crippen LogP contribution in [0, 0.1) is 18.3 Å². The third kappa shape index (κ3) is 2.64. The molecule has 2 atom stereocenters. The Balaban J connectivity index is 1.87. The van der Waals surface area contributed by atoms with E-state index in [9.17, 15) is 0 Å². The highest BCUT2D eigenvalue weighted by molar-refractivity contribution is 5.03. The fourth-order valence-corrected chi connectivity index (χ4v) is 2.90. The summed E-state index contributed by atoms with van der Waals surface area (Å²) in [6.07, 6.45) is 2.56. The van der Waals surface area contributed by atoms with Gasteiger partial charge in [0.05, 0.1) is 12.2 Å². The molecular weight excluding hydrogens is 200 g/mol. The number of hydrogen-bond donors (Lipinski definition) is 1. The van der Waals surface area contributed by atoms with Crippen molar-refractivity contribution in [3.05, 3.63) is 17.5 Å². The van der Waals surface area contributed by atoms with Crippen molar-refractivity contribution in [3.8, 4) is 0 Å². The number of aromatic nitrogens is 1. The molecule has 0 radical (unpaired) electrons. The van der Waals surface area contributed by atoms with Crippen molar-refractivity contribution in [1.82, 2.24) is 10.5 Å². The van der Waals surface area contributed by atoms with Gasteiger partial charge in [0, 0.05) is 12.1 Å².